The molecule has 1 fully saturated rings. The van der Waals surface area contributed by atoms with Gasteiger partial charge >= 0.3 is 6.03 Å². The summed E-state index contributed by atoms with van der Waals surface area (Å²) in [6.45, 7) is 1.37. The number of carbonyl (C=O) groups excluding carboxylic acids is 4. The predicted molar refractivity (Wildman–Crippen MR) is 126 cm³/mol. The van der Waals surface area contributed by atoms with Crippen molar-refractivity contribution >= 4 is 29.8 Å². The van der Waals surface area contributed by atoms with Crippen LogP contribution in [-0.2, 0) is 9.59 Å². The molecule has 1 aliphatic rings. The minimum absolute atomic E-state index is 0.152. The lowest BCUT2D eigenvalue weighted by Gasteiger charge is -2.22. The van der Waals surface area contributed by atoms with Gasteiger partial charge in [-0.05, 0) is 48.6 Å². The van der Waals surface area contributed by atoms with Crippen molar-refractivity contribution in [2.45, 2.75) is 31.7 Å². The molecule has 34 heavy (non-hydrogen) atoms. The van der Waals surface area contributed by atoms with Crippen molar-refractivity contribution in [3.63, 3.8) is 0 Å². The monoisotopic (exact) mass is 464 g/mol. The average molecular weight is 465 g/mol. The molecule has 1 heterocycles. The lowest BCUT2D eigenvalue weighted by atomic mass is 10.00. The van der Waals surface area contributed by atoms with E-state index in [1.54, 1.807) is 48.5 Å². The van der Waals surface area contributed by atoms with Gasteiger partial charge in [0, 0.05) is 31.1 Å². The topological polar surface area (TPSA) is 128 Å². The number of rotatable bonds is 9. The summed E-state index contributed by atoms with van der Waals surface area (Å²) < 4.78 is 0. The van der Waals surface area contributed by atoms with Crippen LogP contribution in [0.15, 0.2) is 60.7 Å². The number of hydrogen-bond donors (Lipinski definition) is 4. The van der Waals surface area contributed by atoms with Crippen molar-refractivity contribution in [3.8, 4) is 0 Å². The van der Waals surface area contributed by atoms with E-state index in [9.17, 15) is 19.2 Å². The van der Waals surface area contributed by atoms with Gasteiger partial charge in [-0.3, -0.25) is 24.9 Å². The first-order chi connectivity index (χ1) is 16.5. The predicted octanol–water partition coefficient (Wildman–Crippen LogP) is 2.79. The van der Waals surface area contributed by atoms with E-state index < -0.39 is 17.8 Å². The van der Waals surface area contributed by atoms with Crippen LogP contribution in [0.5, 0.6) is 0 Å². The van der Waals surface area contributed by atoms with Crippen LogP contribution >= 0.6 is 0 Å². The average Bonchev–Trinajstić information content (AvgIpc) is 3.27. The fourth-order valence-corrected chi connectivity index (χ4v) is 3.76. The van der Waals surface area contributed by atoms with E-state index >= 15 is 0 Å². The van der Waals surface area contributed by atoms with Crippen LogP contribution in [-0.4, -0.2) is 46.9 Å². The van der Waals surface area contributed by atoms with Gasteiger partial charge in [-0.2, -0.15) is 0 Å². The summed E-state index contributed by atoms with van der Waals surface area (Å²) in [7, 11) is 0. The van der Waals surface area contributed by atoms with Gasteiger partial charge in [0.2, 0.25) is 5.91 Å². The molecular weight excluding hydrogens is 436 g/mol. The standard InChI is InChI=1S/C25H28N4O5/c30-22(28-34)15-12-18-10-13-19(14-11-18)21(8-4-16-29-17-5-9-23(29)31)26-25(33)27-24(32)20-6-2-1-3-7-20/h1-3,6-7,10-15,21,34H,4-5,8-9,16-17H2,(H,28,30)(H2,26,27,32,33). The normalized spacial score (nSPS) is 14.1. The highest BCUT2D eigenvalue weighted by molar-refractivity contribution is 6.04. The Morgan fingerprint density at radius 1 is 1.06 bits per heavy atom. The molecule has 2 aromatic carbocycles. The molecule has 0 spiro atoms. The van der Waals surface area contributed by atoms with Crippen molar-refractivity contribution in [1.82, 2.24) is 21.0 Å². The second-order valence-electron chi connectivity index (χ2n) is 7.95. The number of urea groups is 1. The summed E-state index contributed by atoms with van der Waals surface area (Å²) in [6.07, 6.45) is 5.44. The maximum absolute atomic E-state index is 12.6. The van der Waals surface area contributed by atoms with Crippen LogP contribution in [0.25, 0.3) is 6.08 Å². The first-order valence-electron chi connectivity index (χ1n) is 11.1. The van der Waals surface area contributed by atoms with E-state index in [-0.39, 0.29) is 11.9 Å². The number of carbonyl (C=O) groups is 4. The summed E-state index contributed by atoms with van der Waals surface area (Å²) in [6, 6.07) is 14.7. The van der Waals surface area contributed by atoms with Gasteiger partial charge in [0.05, 0.1) is 6.04 Å². The Morgan fingerprint density at radius 2 is 1.79 bits per heavy atom. The Hall–Kier alpha value is -3.98. The number of nitrogens with one attached hydrogen (secondary N) is 3. The van der Waals surface area contributed by atoms with Crippen LogP contribution in [0.2, 0.25) is 0 Å². The second kappa shape index (κ2) is 12.3. The summed E-state index contributed by atoms with van der Waals surface area (Å²) in [5.74, 6) is -0.985. The Morgan fingerprint density at radius 3 is 2.44 bits per heavy atom. The first-order valence-corrected chi connectivity index (χ1v) is 11.1. The van der Waals surface area contributed by atoms with E-state index in [1.165, 1.54) is 11.6 Å². The van der Waals surface area contributed by atoms with Crippen LogP contribution in [0.4, 0.5) is 4.79 Å². The van der Waals surface area contributed by atoms with Gasteiger partial charge in [0.1, 0.15) is 0 Å². The summed E-state index contributed by atoms with van der Waals surface area (Å²) in [4.78, 5) is 49.8. The van der Waals surface area contributed by atoms with E-state index in [0.29, 0.717) is 31.4 Å². The Labute approximate surface area is 197 Å². The van der Waals surface area contributed by atoms with Crippen LogP contribution in [0.3, 0.4) is 0 Å². The molecule has 9 nitrogen and oxygen atoms in total. The lowest BCUT2D eigenvalue weighted by molar-refractivity contribution is -0.127. The smallest absolute Gasteiger partial charge is 0.322 e. The largest absolute Gasteiger partial charge is 0.343 e. The molecule has 178 valence electrons. The second-order valence-corrected chi connectivity index (χ2v) is 7.95. The molecule has 1 unspecified atom stereocenters. The molecule has 0 aliphatic carbocycles. The van der Waals surface area contributed by atoms with Crippen LogP contribution in [0.1, 0.15) is 53.2 Å². The number of benzene rings is 2. The number of amides is 5. The molecule has 2 aromatic rings. The number of imide groups is 1. The zero-order valence-corrected chi connectivity index (χ0v) is 18.7. The Kier molecular flexibility index (Phi) is 8.93. The fourth-order valence-electron chi connectivity index (χ4n) is 3.76. The van der Waals surface area contributed by atoms with Crippen molar-refractivity contribution in [1.29, 1.82) is 0 Å². The summed E-state index contributed by atoms with van der Waals surface area (Å²) in [5, 5.41) is 13.8. The van der Waals surface area contributed by atoms with Gasteiger partial charge in [0.15, 0.2) is 0 Å². The van der Waals surface area contributed by atoms with Gasteiger partial charge in [-0.25, -0.2) is 10.3 Å². The highest BCUT2D eigenvalue weighted by Crippen LogP contribution is 2.21. The molecule has 1 aliphatic heterocycles. The maximum atomic E-state index is 12.6. The highest BCUT2D eigenvalue weighted by Gasteiger charge is 2.21. The third-order valence-electron chi connectivity index (χ3n) is 5.54. The molecule has 3 rings (SSSR count). The van der Waals surface area contributed by atoms with Crippen molar-refractivity contribution in [2.75, 3.05) is 13.1 Å². The molecule has 0 aromatic heterocycles. The molecule has 9 heteroatoms. The van der Waals surface area contributed by atoms with Crippen LogP contribution < -0.4 is 16.1 Å². The molecule has 4 N–H and O–H groups in total. The molecule has 0 radical (unpaired) electrons. The zero-order valence-electron chi connectivity index (χ0n) is 18.7. The molecular formula is C25H28N4O5. The SMILES string of the molecule is O=C(C=Cc1ccc(C(CCCN2CCCC2=O)NC(=O)NC(=O)c2ccccc2)cc1)NO. The third-order valence-corrected chi connectivity index (χ3v) is 5.54. The van der Waals surface area contributed by atoms with Gasteiger partial charge in [0.25, 0.3) is 11.8 Å². The Bertz CT molecular complexity index is 1040. The van der Waals surface area contributed by atoms with Gasteiger partial charge in [-0.1, -0.05) is 42.5 Å². The van der Waals surface area contributed by atoms with Crippen molar-refractivity contribution in [2.24, 2.45) is 0 Å². The first kappa shape index (κ1) is 24.7. The molecule has 0 saturated carbocycles. The summed E-state index contributed by atoms with van der Waals surface area (Å²) >= 11 is 0. The van der Waals surface area contributed by atoms with Gasteiger partial charge in [-0.15, -0.1) is 0 Å². The fraction of sp³-hybridized carbons (Fsp3) is 0.280. The number of likely N-dealkylation sites (tertiary alicyclic amines) is 1. The molecule has 0 bridgehead atoms. The van der Waals surface area contributed by atoms with Crippen molar-refractivity contribution in [3.05, 3.63) is 77.4 Å². The van der Waals surface area contributed by atoms with E-state index in [0.717, 1.165) is 24.1 Å². The van der Waals surface area contributed by atoms with Crippen LogP contribution in [0, 0.1) is 0 Å². The molecule has 1 saturated heterocycles. The molecule has 1 atom stereocenters. The highest BCUT2D eigenvalue weighted by atomic mass is 16.5. The number of hydroxylamine groups is 1. The van der Waals surface area contributed by atoms with E-state index in [4.69, 9.17) is 5.21 Å². The maximum Gasteiger partial charge on any atom is 0.322 e. The quantitative estimate of drug-likeness (QED) is 0.258. The minimum atomic E-state index is -0.639. The third kappa shape index (κ3) is 7.28. The number of hydrogen-bond acceptors (Lipinski definition) is 5. The summed E-state index contributed by atoms with van der Waals surface area (Å²) in [5.41, 5.74) is 3.46. The minimum Gasteiger partial charge on any atom is -0.343 e. The zero-order chi connectivity index (χ0) is 24.3. The lowest BCUT2D eigenvalue weighted by Crippen LogP contribution is -2.41. The Balaban J connectivity index is 1.66. The van der Waals surface area contributed by atoms with E-state index in [1.807, 2.05) is 17.0 Å². The van der Waals surface area contributed by atoms with Gasteiger partial charge < -0.3 is 10.2 Å². The van der Waals surface area contributed by atoms with Crippen molar-refractivity contribution < 1.29 is 24.4 Å². The number of nitrogens with zero attached hydrogens (tertiary/aromatic N) is 1. The van der Waals surface area contributed by atoms with E-state index in [2.05, 4.69) is 10.6 Å². The molecule has 5 amide bonds.